The van der Waals surface area contributed by atoms with E-state index in [1.54, 1.807) is 22.9 Å². The molecule has 0 saturated heterocycles. The predicted molar refractivity (Wildman–Crippen MR) is 90.6 cm³/mol. The molecule has 1 aromatic heterocycles. The van der Waals surface area contributed by atoms with Crippen LogP contribution in [0.5, 0.6) is 0 Å². The lowest BCUT2D eigenvalue weighted by Crippen LogP contribution is -2.42. The van der Waals surface area contributed by atoms with Crippen LogP contribution in [-0.4, -0.2) is 25.9 Å². The second kappa shape index (κ2) is 7.52. The fourth-order valence-electron chi connectivity index (χ4n) is 2.18. The van der Waals surface area contributed by atoms with Crippen molar-refractivity contribution in [2.24, 2.45) is 18.7 Å². The van der Waals surface area contributed by atoms with Crippen molar-refractivity contribution in [3.8, 4) is 11.3 Å². The Kier molecular flexibility index (Phi) is 5.68. The molecular weight excluding hydrogens is 312 g/mol. The van der Waals surface area contributed by atoms with E-state index in [9.17, 15) is 9.00 Å². The molecule has 1 amide bonds. The molecule has 3 N–H and O–H groups in total. The summed E-state index contributed by atoms with van der Waals surface area (Å²) >= 11 is 0. The van der Waals surface area contributed by atoms with Crippen LogP contribution in [0.3, 0.4) is 0 Å². The van der Waals surface area contributed by atoms with E-state index in [4.69, 9.17) is 5.73 Å². The van der Waals surface area contributed by atoms with Crippen molar-refractivity contribution in [1.82, 2.24) is 14.5 Å². The number of benzene rings is 1. The van der Waals surface area contributed by atoms with Crippen LogP contribution in [-0.2, 0) is 22.8 Å². The molecule has 124 valence electrons. The summed E-state index contributed by atoms with van der Waals surface area (Å²) in [6.07, 6.45) is 2.39. The summed E-state index contributed by atoms with van der Waals surface area (Å²) in [5.74, 6) is -0.100. The molecule has 2 aromatic rings. The van der Waals surface area contributed by atoms with Gasteiger partial charge in [-0.15, -0.1) is 0 Å². The van der Waals surface area contributed by atoms with Crippen LogP contribution >= 0.6 is 0 Å². The topological polar surface area (TPSA) is 90.0 Å². The van der Waals surface area contributed by atoms with Crippen molar-refractivity contribution in [2.45, 2.75) is 31.2 Å². The number of rotatable bonds is 6. The van der Waals surface area contributed by atoms with Crippen molar-refractivity contribution in [3.63, 3.8) is 0 Å². The molecule has 1 aromatic carbocycles. The second-order valence-electron chi connectivity index (χ2n) is 5.87. The lowest BCUT2D eigenvalue weighted by Gasteiger charge is -2.13. The number of nitrogens with zero attached hydrogens (tertiary/aromatic N) is 2. The van der Waals surface area contributed by atoms with Crippen LogP contribution < -0.4 is 10.5 Å². The third-order valence-electron chi connectivity index (χ3n) is 3.31. The predicted octanol–water partition coefficient (Wildman–Crippen LogP) is 1.60. The molecular formula is C16H22N4O2S. The molecule has 23 heavy (non-hydrogen) atoms. The maximum atomic E-state index is 12.3. The minimum absolute atomic E-state index is 0.302. The number of amides is 1. The smallest absolute Gasteiger partial charge is 0.248 e. The zero-order valence-corrected chi connectivity index (χ0v) is 14.3. The summed E-state index contributed by atoms with van der Waals surface area (Å²) < 4.78 is 16.5. The average Bonchev–Trinajstić information content (AvgIpc) is 2.93. The zero-order valence-electron chi connectivity index (χ0n) is 13.5. The molecule has 7 heteroatoms. The van der Waals surface area contributed by atoms with Gasteiger partial charge < -0.3 is 5.73 Å². The number of hydrogen-bond donors (Lipinski definition) is 2. The number of nitrogens with one attached hydrogen (secondary N) is 1. The first-order chi connectivity index (χ1) is 10.9. The molecule has 0 spiro atoms. The molecule has 2 atom stereocenters. The Bertz CT molecular complexity index is 712. The fraction of sp³-hybridized carbons (Fsp3) is 0.375. The lowest BCUT2D eigenvalue weighted by atomic mass is 10.0. The monoisotopic (exact) mass is 334 g/mol. The van der Waals surface area contributed by atoms with Gasteiger partial charge in [0.15, 0.2) is 11.0 Å². The molecule has 0 aliphatic carbocycles. The Morgan fingerprint density at radius 2 is 2.13 bits per heavy atom. The van der Waals surface area contributed by atoms with Gasteiger partial charge in [0.2, 0.25) is 5.91 Å². The Labute approximate surface area is 138 Å². The molecule has 0 fully saturated rings. The van der Waals surface area contributed by atoms with Gasteiger partial charge in [0, 0.05) is 18.8 Å². The first-order valence-electron chi connectivity index (χ1n) is 7.44. The Morgan fingerprint density at radius 1 is 1.39 bits per heavy atom. The van der Waals surface area contributed by atoms with E-state index in [-0.39, 0.29) is 0 Å². The van der Waals surface area contributed by atoms with E-state index in [0.717, 1.165) is 11.3 Å². The van der Waals surface area contributed by atoms with Gasteiger partial charge in [-0.2, -0.15) is 5.10 Å². The molecule has 2 rings (SSSR count). The van der Waals surface area contributed by atoms with Gasteiger partial charge in [-0.1, -0.05) is 26.0 Å². The Hall–Kier alpha value is -1.99. The van der Waals surface area contributed by atoms with Gasteiger partial charge in [-0.3, -0.25) is 14.2 Å². The third kappa shape index (κ3) is 4.74. The van der Waals surface area contributed by atoms with E-state index in [1.165, 1.54) is 0 Å². The fourth-order valence-corrected chi connectivity index (χ4v) is 3.07. The Morgan fingerprint density at radius 3 is 2.74 bits per heavy atom. The molecule has 2 unspecified atom stereocenters. The largest absolute Gasteiger partial charge is 0.320 e. The van der Waals surface area contributed by atoms with E-state index >= 15 is 0 Å². The SMILES string of the molecule is CC(C)CC(N)C(=O)NS(=O)c1cccc(-c2ccn(C)n2)c1. The van der Waals surface area contributed by atoms with E-state index in [1.807, 2.05) is 39.2 Å². The van der Waals surface area contributed by atoms with Gasteiger partial charge in [0.25, 0.3) is 0 Å². The molecule has 0 saturated carbocycles. The second-order valence-corrected chi connectivity index (χ2v) is 7.09. The molecule has 0 bridgehead atoms. The molecule has 6 nitrogen and oxygen atoms in total. The summed E-state index contributed by atoms with van der Waals surface area (Å²) in [5.41, 5.74) is 7.44. The van der Waals surface area contributed by atoms with Gasteiger partial charge in [-0.05, 0) is 30.5 Å². The van der Waals surface area contributed by atoms with Crippen LogP contribution in [0.4, 0.5) is 0 Å². The van der Waals surface area contributed by atoms with Crippen LogP contribution in [0.2, 0.25) is 0 Å². The van der Waals surface area contributed by atoms with Crippen LogP contribution in [0.25, 0.3) is 11.3 Å². The van der Waals surface area contributed by atoms with Crippen molar-refractivity contribution in [3.05, 3.63) is 36.5 Å². The average molecular weight is 334 g/mol. The molecule has 1 heterocycles. The highest BCUT2D eigenvalue weighted by Gasteiger charge is 2.18. The normalized spacial score (nSPS) is 13.8. The standard InChI is InChI=1S/C16H22N4O2S/c1-11(2)9-14(17)16(21)19-23(22)13-6-4-5-12(10-13)15-7-8-20(3)18-15/h4-8,10-11,14H,9,17H2,1-3H3,(H,19,21). The Balaban J connectivity index is 2.09. The van der Waals surface area contributed by atoms with E-state index < -0.39 is 22.9 Å². The van der Waals surface area contributed by atoms with Crippen molar-refractivity contribution < 1.29 is 9.00 Å². The molecule has 0 radical (unpaired) electrons. The number of nitrogens with two attached hydrogens (primary N) is 1. The van der Waals surface area contributed by atoms with Crippen LogP contribution in [0.15, 0.2) is 41.4 Å². The zero-order chi connectivity index (χ0) is 17.0. The van der Waals surface area contributed by atoms with Crippen LogP contribution in [0.1, 0.15) is 20.3 Å². The number of carbonyl (C=O) groups excluding carboxylic acids is 1. The van der Waals surface area contributed by atoms with Gasteiger partial charge >= 0.3 is 0 Å². The summed E-state index contributed by atoms with van der Waals surface area (Å²) in [5, 5.41) is 4.31. The number of aromatic nitrogens is 2. The first-order valence-corrected chi connectivity index (χ1v) is 8.59. The van der Waals surface area contributed by atoms with Gasteiger partial charge in [0.1, 0.15) is 0 Å². The quantitative estimate of drug-likeness (QED) is 0.839. The maximum absolute atomic E-state index is 12.3. The maximum Gasteiger partial charge on any atom is 0.248 e. The molecule has 0 aliphatic rings. The van der Waals surface area contributed by atoms with Gasteiger partial charge in [0.05, 0.1) is 16.6 Å². The minimum Gasteiger partial charge on any atom is -0.320 e. The van der Waals surface area contributed by atoms with Crippen LogP contribution in [0, 0.1) is 5.92 Å². The summed E-state index contributed by atoms with van der Waals surface area (Å²) in [6.45, 7) is 3.97. The summed E-state index contributed by atoms with van der Waals surface area (Å²) in [4.78, 5) is 12.5. The van der Waals surface area contributed by atoms with Crippen molar-refractivity contribution in [1.29, 1.82) is 0 Å². The summed E-state index contributed by atoms with van der Waals surface area (Å²) in [6, 6.07) is 8.35. The highest BCUT2D eigenvalue weighted by atomic mass is 32.2. The first kappa shape index (κ1) is 17.4. The highest BCUT2D eigenvalue weighted by molar-refractivity contribution is 7.83. The number of carbonyl (C=O) groups is 1. The highest BCUT2D eigenvalue weighted by Crippen LogP contribution is 2.19. The van der Waals surface area contributed by atoms with E-state index in [2.05, 4.69) is 9.82 Å². The van der Waals surface area contributed by atoms with Crippen molar-refractivity contribution >= 4 is 16.9 Å². The molecule has 0 aliphatic heterocycles. The minimum atomic E-state index is -1.64. The van der Waals surface area contributed by atoms with E-state index in [0.29, 0.717) is 17.2 Å². The summed E-state index contributed by atoms with van der Waals surface area (Å²) in [7, 11) is 0.195. The van der Waals surface area contributed by atoms with Crippen molar-refractivity contribution in [2.75, 3.05) is 0 Å². The van der Waals surface area contributed by atoms with Gasteiger partial charge in [-0.25, -0.2) is 4.21 Å². The lowest BCUT2D eigenvalue weighted by molar-refractivity contribution is -0.120. The number of hydrogen-bond acceptors (Lipinski definition) is 4. The third-order valence-corrected chi connectivity index (χ3v) is 4.38. The number of aryl methyl sites for hydroxylation is 1.